The fourth-order valence-electron chi connectivity index (χ4n) is 5.21. The maximum atomic E-state index is 13.9. The monoisotopic (exact) mass is 651 g/mol. The molecular formula is C33H38FN5O4S2. The van der Waals surface area contributed by atoms with E-state index in [4.69, 9.17) is 9.47 Å². The minimum atomic E-state index is -0.783. The molecule has 1 amide bonds. The van der Waals surface area contributed by atoms with Crippen LogP contribution in [0.4, 0.5) is 4.39 Å². The van der Waals surface area contributed by atoms with E-state index < -0.39 is 17.9 Å². The third-order valence-electron chi connectivity index (χ3n) is 7.74. The highest BCUT2D eigenvalue weighted by Crippen LogP contribution is 2.29. The summed E-state index contributed by atoms with van der Waals surface area (Å²) in [6.45, 7) is 1.98. The molecule has 1 aliphatic heterocycles. The Labute approximate surface area is 271 Å². The van der Waals surface area contributed by atoms with Gasteiger partial charge >= 0.3 is 5.97 Å². The van der Waals surface area contributed by atoms with Crippen LogP contribution in [0.1, 0.15) is 52.1 Å². The van der Waals surface area contributed by atoms with Crippen LogP contribution in [0.2, 0.25) is 0 Å². The lowest BCUT2D eigenvalue weighted by atomic mass is 9.96. The van der Waals surface area contributed by atoms with Gasteiger partial charge in [0, 0.05) is 49.0 Å². The normalized spacial score (nSPS) is 15.4. The number of carbonyl (C=O) groups excluding carboxylic acids is 2. The van der Waals surface area contributed by atoms with Crippen molar-refractivity contribution in [1.29, 1.82) is 0 Å². The van der Waals surface area contributed by atoms with Crippen molar-refractivity contribution in [2.24, 2.45) is 0 Å². The number of esters is 1. The number of thioether (sulfide) groups is 1. The van der Waals surface area contributed by atoms with E-state index in [9.17, 15) is 14.0 Å². The number of ether oxygens (including phenoxy) is 2. The molecule has 2 N–H and O–H groups in total. The van der Waals surface area contributed by atoms with Gasteiger partial charge in [0.1, 0.15) is 34.9 Å². The highest BCUT2D eigenvalue weighted by Gasteiger charge is 2.28. The fourth-order valence-corrected chi connectivity index (χ4v) is 6.37. The van der Waals surface area contributed by atoms with Crippen LogP contribution in [0.15, 0.2) is 66.4 Å². The molecule has 238 valence electrons. The number of H-pyrrole nitrogens is 1. The van der Waals surface area contributed by atoms with Gasteiger partial charge in [0.2, 0.25) is 0 Å². The van der Waals surface area contributed by atoms with Gasteiger partial charge in [-0.05, 0) is 79.3 Å². The predicted molar refractivity (Wildman–Crippen MR) is 175 cm³/mol. The largest absolute Gasteiger partial charge is 0.461 e. The molecular weight excluding hydrogens is 614 g/mol. The molecule has 45 heavy (non-hydrogen) atoms. The molecule has 0 radical (unpaired) electrons. The number of thiazole rings is 1. The Hall–Kier alpha value is -3.58. The molecule has 1 unspecified atom stereocenters. The van der Waals surface area contributed by atoms with Crippen molar-refractivity contribution in [3.8, 4) is 11.1 Å². The number of imidazole rings is 1. The standard InChI is InChI=1S/C33H38FN5O4S2/c1-39-15-9-25(10-16-39)43-33(41)28(11-17-44-2)38-31(40)26-8-3-22(19-27(26)23-4-6-24(34)7-5-23)21-42-29(32-37-14-18-45-32)20-30-35-12-13-36-30/h3-8,12-14,18-19,25,28-29H,9-11,15-17,20-21H2,1-2H3,(H,35,36)(H,38,40)/t28-,29?/m0/s1. The first-order chi connectivity index (χ1) is 21.9. The number of nitrogens with zero attached hydrogens (tertiary/aromatic N) is 3. The number of likely N-dealkylation sites (tertiary alicyclic amines) is 1. The number of aromatic amines is 1. The summed E-state index contributed by atoms with van der Waals surface area (Å²) in [6.07, 6.45) is 9.22. The van der Waals surface area contributed by atoms with E-state index in [0.29, 0.717) is 35.3 Å². The Bertz CT molecular complexity index is 1510. The second kappa shape index (κ2) is 16.1. The smallest absolute Gasteiger partial charge is 0.328 e. The summed E-state index contributed by atoms with van der Waals surface area (Å²) in [5, 5.41) is 5.69. The van der Waals surface area contributed by atoms with Crippen LogP contribution in [-0.2, 0) is 27.3 Å². The van der Waals surface area contributed by atoms with Gasteiger partial charge in [0.05, 0.1) is 6.61 Å². The summed E-state index contributed by atoms with van der Waals surface area (Å²) in [5.74, 6) is 0.297. The average molecular weight is 652 g/mol. The van der Waals surface area contributed by atoms with Crippen molar-refractivity contribution >= 4 is 35.0 Å². The quantitative estimate of drug-likeness (QED) is 0.168. The molecule has 2 aromatic heterocycles. The first-order valence-electron chi connectivity index (χ1n) is 15.0. The molecule has 1 aliphatic rings. The maximum Gasteiger partial charge on any atom is 0.328 e. The van der Waals surface area contributed by atoms with E-state index in [1.165, 1.54) is 23.5 Å². The highest BCUT2D eigenvalue weighted by atomic mass is 32.2. The summed E-state index contributed by atoms with van der Waals surface area (Å²) in [7, 11) is 2.05. The van der Waals surface area contributed by atoms with Crippen molar-refractivity contribution in [3.05, 3.63) is 94.2 Å². The van der Waals surface area contributed by atoms with Crippen LogP contribution in [0.3, 0.4) is 0 Å². The van der Waals surface area contributed by atoms with Crippen LogP contribution in [0.25, 0.3) is 11.1 Å². The summed E-state index contributed by atoms with van der Waals surface area (Å²) in [6, 6.07) is 10.7. The lowest BCUT2D eigenvalue weighted by Gasteiger charge is -2.30. The number of aromatic nitrogens is 3. The molecule has 3 heterocycles. The molecule has 5 rings (SSSR count). The van der Waals surface area contributed by atoms with Gasteiger partial charge in [-0.2, -0.15) is 11.8 Å². The molecule has 0 spiro atoms. The van der Waals surface area contributed by atoms with E-state index in [2.05, 4.69) is 32.2 Å². The van der Waals surface area contributed by atoms with E-state index in [1.54, 1.807) is 48.6 Å². The Balaban J connectivity index is 1.35. The number of hydrogen-bond acceptors (Lipinski definition) is 9. The first-order valence-corrected chi connectivity index (χ1v) is 17.2. The zero-order valence-corrected chi connectivity index (χ0v) is 27.0. The third-order valence-corrected chi connectivity index (χ3v) is 9.26. The molecule has 2 aromatic carbocycles. The molecule has 12 heteroatoms. The second-order valence-electron chi connectivity index (χ2n) is 11.0. The van der Waals surface area contributed by atoms with E-state index in [-0.39, 0.29) is 24.6 Å². The molecule has 0 saturated carbocycles. The summed E-state index contributed by atoms with van der Waals surface area (Å²) >= 11 is 3.12. The van der Waals surface area contributed by atoms with Gasteiger partial charge in [0.15, 0.2) is 0 Å². The summed E-state index contributed by atoms with van der Waals surface area (Å²) in [4.78, 5) is 41.1. The number of rotatable bonds is 14. The van der Waals surface area contributed by atoms with Crippen LogP contribution >= 0.6 is 23.1 Å². The molecule has 2 atom stereocenters. The lowest BCUT2D eigenvalue weighted by Crippen LogP contribution is -2.45. The Morgan fingerprint density at radius 2 is 1.96 bits per heavy atom. The molecule has 9 nitrogen and oxygen atoms in total. The van der Waals surface area contributed by atoms with Gasteiger partial charge in [-0.1, -0.05) is 18.2 Å². The van der Waals surface area contributed by atoms with Gasteiger partial charge in [-0.15, -0.1) is 11.3 Å². The lowest BCUT2D eigenvalue weighted by molar-refractivity contribution is -0.153. The molecule has 0 aliphatic carbocycles. The van der Waals surface area contributed by atoms with Crippen molar-refractivity contribution in [2.75, 3.05) is 32.1 Å². The average Bonchev–Trinajstić information content (AvgIpc) is 3.78. The number of piperidine rings is 1. The minimum absolute atomic E-state index is 0.155. The van der Waals surface area contributed by atoms with E-state index in [1.807, 2.05) is 23.8 Å². The third kappa shape index (κ3) is 9.23. The predicted octanol–water partition coefficient (Wildman–Crippen LogP) is 5.66. The van der Waals surface area contributed by atoms with Gasteiger partial charge in [0.25, 0.3) is 5.91 Å². The van der Waals surface area contributed by atoms with Gasteiger partial charge in [-0.25, -0.2) is 19.2 Å². The summed E-state index contributed by atoms with van der Waals surface area (Å²) in [5.41, 5.74) is 2.48. The minimum Gasteiger partial charge on any atom is -0.461 e. The molecule has 1 saturated heterocycles. The SMILES string of the molecule is CSCC[C@H](NC(=O)c1ccc(COC(Cc2ncc[nH]2)c2nccs2)cc1-c1ccc(F)cc1)C(=O)OC1CCN(C)CC1. The van der Waals surface area contributed by atoms with Crippen LogP contribution in [-0.4, -0.2) is 76.0 Å². The Morgan fingerprint density at radius 3 is 2.64 bits per heavy atom. The zero-order valence-electron chi connectivity index (χ0n) is 25.4. The van der Waals surface area contributed by atoms with Crippen LogP contribution in [0, 0.1) is 5.82 Å². The topological polar surface area (TPSA) is 109 Å². The number of hydrogen-bond donors (Lipinski definition) is 2. The van der Waals surface area contributed by atoms with Crippen LogP contribution < -0.4 is 5.32 Å². The number of carbonyl (C=O) groups is 2. The number of benzene rings is 2. The molecule has 1 fully saturated rings. The highest BCUT2D eigenvalue weighted by molar-refractivity contribution is 7.98. The van der Waals surface area contributed by atoms with Crippen molar-refractivity contribution in [1.82, 2.24) is 25.2 Å². The van der Waals surface area contributed by atoms with Gasteiger partial charge in [-0.3, -0.25) is 4.79 Å². The second-order valence-corrected chi connectivity index (χ2v) is 13.0. The molecule has 0 bridgehead atoms. The zero-order chi connectivity index (χ0) is 31.6. The van der Waals surface area contributed by atoms with Gasteiger partial charge < -0.3 is 24.7 Å². The maximum absolute atomic E-state index is 13.9. The Morgan fingerprint density at radius 1 is 1.16 bits per heavy atom. The molecule has 4 aromatic rings. The first kappa shape index (κ1) is 32.8. The number of nitrogens with one attached hydrogen (secondary N) is 2. The van der Waals surface area contributed by atoms with Crippen molar-refractivity contribution in [3.63, 3.8) is 0 Å². The van der Waals surface area contributed by atoms with Crippen LogP contribution in [0.5, 0.6) is 0 Å². The number of amides is 1. The Kier molecular flexibility index (Phi) is 11.8. The van der Waals surface area contributed by atoms with Crippen molar-refractivity contribution < 1.29 is 23.5 Å². The number of halogens is 1. The van der Waals surface area contributed by atoms with E-state index >= 15 is 0 Å². The summed E-state index contributed by atoms with van der Waals surface area (Å²) < 4.78 is 26.0. The van der Waals surface area contributed by atoms with Crippen molar-refractivity contribution in [2.45, 2.75) is 50.5 Å². The fraction of sp³-hybridized carbons (Fsp3) is 0.394. The van der Waals surface area contributed by atoms with E-state index in [0.717, 1.165) is 42.3 Å².